The van der Waals surface area contributed by atoms with Crippen molar-refractivity contribution in [3.05, 3.63) is 152 Å². The molecule has 3 N–H and O–H groups in total. The Balaban J connectivity index is 0.000000185. The summed E-state index contributed by atoms with van der Waals surface area (Å²) in [5.74, 6) is -0.180. The van der Waals surface area contributed by atoms with Crippen LogP contribution in [0.1, 0.15) is 87.4 Å². The van der Waals surface area contributed by atoms with Gasteiger partial charge < -0.3 is 21.1 Å². The van der Waals surface area contributed by atoms with Crippen molar-refractivity contribution in [3.8, 4) is 28.8 Å². The number of nitrogens with zero attached hydrogens (tertiary/aromatic N) is 7. The van der Waals surface area contributed by atoms with Crippen molar-refractivity contribution in [2.24, 2.45) is 37.5 Å². The van der Waals surface area contributed by atoms with Crippen LogP contribution in [0.5, 0.6) is 17.4 Å². The number of aromatic amines is 1. The maximum atomic E-state index is 12.6. The summed E-state index contributed by atoms with van der Waals surface area (Å²) >= 11 is 11.9. The quantitative estimate of drug-likeness (QED) is 0.122. The number of rotatable bonds is 10. The van der Waals surface area contributed by atoms with Gasteiger partial charge in [-0.1, -0.05) is 111 Å². The Morgan fingerprint density at radius 3 is 1.86 bits per heavy atom. The average molecular weight is 1160 g/mol. The minimum atomic E-state index is -3.51. The van der Waals surface area contributed by atoms with Crippen LogP contribution < -0.4 is 26.6 Å². The smallest absolute Gasteiger partial charge is 0.871 e. The number of azo groups is 2. The zero-order valence-electron chi connectivity index (χ0n) is 43.1. The summed E-state index contributed by atoms with van der Waals surface area (Å²) in [6.07, 6.45) is 8.57. The van der Waals surface area contributed by atoms with Crippen molar-refractivity contribution < 1.29 is 48.9 Å². The fourth-order valence-electron chi connectivity index (χ4n) is 9.92. The van der Waals surface area contributed by atoms with Crippen LogP contribution >= 0.6 is 23.2 Å². The van der Waals surface area contributed by atoms with Gasteiger partial charge in [-0.2, -0.15) is 15.3 Å². The normalized spacial score (nSPS) is 18.3. The molecule has 3 atom stereocenters. The van der Waals surface area contributed by atoms with Crippen LogP contribution in [0.3, 0.4) is 0 Å². The number of hydrogen-bond acceptors (Lipinski definition) is 14. The summed E-state index contributed by atoms with van der Waals surface area (Å²) in [7, 11) is -7.01. The van der Waals surface area contributed by atoms with E-state index in [9.17, 15) is 36.9 Å². The molecule has 76 heavy (non-hydrogen) atoms. The third-order valence-electron chi connectivity index (χ3n) is 14.0. The summed E-state index contributed by atoms with van der Waals surface area (Å²) in [5.41, 5.74) is 12.4. The largest absolute Gasteiger partial charge is 3.00 e. The van der Waals surface area contributed by atoms with Gasteiger partial charge in [-0.25, -0.2) is 26.2 Å². The van der Waals surface area contributed by atoms with Crippen molar-refractivity contribution in [1.82, 2.24) is 19.6 Å². The predicted octanol–water partition coefficient (Wildman–Crippen LogP) is 10.6. The first-order valence-corrected chi connectivity index (χ1v) is 28.6. The summed E-state index contributed by atoms with van der Waals surface area (Å²) in [6, 6.07) is 27.3. The molecule has 0 unspecified atom stereocenters. The van der Waals surface area contributed by atoms with E-state index in [1.165, 1.54) is 54.5 Å². The number of fused-ring (bicyclic) bond motifs is 3. The van der Waals surface area contributed by atoms with Crippen LogP contribution in [-0.2, 0) is 48.3 Å². The molecule has 9 rings (SSSR count). The van der Waals surface area contributed by atoms with E-state index < -0.39 is 42.6 Å². The monoisotopic (exact) mass is 1150 g/mol. The van der Waals surface area contributed by atoms with Crippen LogP contribution in [-0.4, -0.2) is 55.5 Å². The summed E-state index contributed by atoms with van der Waals surface area (Å²) in [6.45, 7) is 13.6. The van der Waals surface area contributed by atoms with Crippen LogP contribution in [0.25, 0.3) is 11.4 Å². The zero-order valence-corrected chi connectivity index (χ0v) is 47.3. The Morgan fingerprint density at radius 1 is 0.763 bits per heavy atom. The van der Waals surface area contributed by atoms with Gasteiger partial charge in [0, 0.05) is 28.4 Å². The van der Waals surface area contributed by atoms with Gasteiger partial charge in [0.15, 0.2) is 25.4 Å². The molecule has 2 aliphatic rings. The summed E-state index contributed by atoms with van der Waals surface area (Å²) in [4.78, 5) is 12.5. The SMILES string of the molecule is CC(C)c1ccc2c(c1)CC[C@H]1[C@](C)(CN)CCC[C@]21C.Cc1[nH]n(-c2cccc(Cl)c2)c(=O)c1N=Nc1cc(S(C)(=O)=O)ccc1[O-].Cc1nn(-c2cccc(Cl)c2)c([O-])c1N=Nc1cc(S(C)(=O)=O)ccc1[O-].[Co+3]. The van der Waals surface area contributed by atoms with Gasteiger partial charge >= 0.3 is 16.8 Å². The number of halogens is 2. The molecule has 0 spiro atoms. The number of nitrogens with one attached hydrogen (secondary N) is 1. The molecular formula is C54H58Cl2CoN9O8S2. The van der Waals surface area contributed by atoms with Crippen LogP contribution in [0, 0.1) is 25.2 Å². The molecule has 2 aromatic heterocycles. The number of nitrogens with two attached hydrogens (primary N) is 1. The molecule has 402 valence electrons. The molecule has 22 heteroatoms. The molecule has 0 bridgehead atoms. The molecule has 0 radical (unpaired) electrons. The van der Waals surface area contributed by atoms with E-state index in [4.69, 9.17) is 28.9 Å². The first-order chi connectivity index (χ1) is 35.2. The molecule has 2 aliphatic carbocycles. The van der Waals surface area contributed by atoms with E-state index in [1.54, 1.807) is 73.5 Å². The van der Waals surface area contributed by atoms with E-state index in [2.05, 4.69) is 76.5 Å². The molecule has 0 saturated heterocycles. The minimum Gasteiger partial charge on any atom is -0.871 e. The number of H-pyrrole nitrogens is 1. The molecule has 17 nitrogen and oxygen atoms in total. The van der Waals surface area contributed by atoms with Gasteiger partial charge in [0.2, 0.25) is 0 Å². The maximum Gasteiger partial charge on any atom is 3.00 e. The van der Waals surface area contributed by atoms with Crippen molar-refractivity contribution >= 4 is 65.6 Å². The van der Waals surface area contributed by atoms with Crippen molar-refractivity contribution in [2.75, 3.05) is 19.1 Å². The van der Waals surface area contributed by atoms with Crippen LogP contribution in [0.15, 0.2) is 138 Å². The van der Waals surface area contributed by atoms with Gasteiger partial charge in [-0.3, -0.25) is 9.89 Å². The first kappa shape index (κ1) is 59.1. The fourth-order valence-corrected chi connectivity index (χ4v) is 11.6. The topological polar surface area (TPSA) is 269 Å². The number of aromatic nitrogens is 4. The molecule has 1 fully saturated rings. The second-order valence-electron chi connectivity index (χ2n) is 19.8. The van der Waals surface area contributed by atoms with E-state index in [0.717, 1.165) is 53.9 Å². The number of benzene rings is 5. The molecule has 5 aromatic carbocycles. The van der Waals surface area contributed by atoms with E-state index in [-0.39, 0.29) is 49.3 Å². The number of aryl methyl sites for hydroxylation is 3. The van der Waals surface area contributed by atoms with Gasteiger partial charge in [0.05, 0.1) is 43.9 Å². The molecule has 7 aromatic rings. The number of sulfone groups is 2. The van der Waals surface area contributed by atoms with E-state index in [1.807, 2.05) is 0 Å². The van der Waals surface area contributed by atoms with Crippen molar-refractivity contribution in [1.29, 1.82) is 0 Å². The van der Waals surface area contributed by atoms with Gasteiger partial charge in [-0.05, 0) is 146 Å². The Bertz CT molecular complexity index is 3640. The van der Waals surface area contributed by atoms with E-state index >= 15 is 0 Å². The second kappa shape index (κ2) is 23.6. The minimum absolute atomic E-state index is 0. The summed E-state index contributed by atoms with van der Waals surface area (Å²) in [5, 5.41) is 59.5. The second-order valence-corrected chi connectivity index (χ2v) is 24.7. The summed E-state index contributed by atoms with van der Waals surface area (Å²) < 4.78 is 48.9. The zero-order chi connectivity index (χ0) is 54.8. The third-order valence-corrected chi connectivity index (χ3v) is 16.7. The average Bonchev–Trinajstić information content (AvgIpc) is 3.81. The predicted molar refractivity (Wildman–Crippen MR) is 286 cm³/mol. The molecular weight excluding hydrogens is 1100 g/mol. The number of hydrogen-bond donors (Lipinski definition) is 2. The van der Waals surface area contributed by atoms with E-state index in [0.29, 0.717) is 49.6 Å². The van der Waals surface area contributed by atoms with Crippen molar-refractivity contribution in [3.63, 3.8) is 0 Å². The Labute approximate surface area is 463 Å². The fraction of sp³-hybridized carbons (Fsp3) is 0.333. The van der Waals surface area contributed by atoms with Gasteiger partial charge in [-0.15, -0.1) is 10.2 Å². The molecule has 0 amide bonds. The standard InChI is InChI=1S/C20H31N.2C17H15ClN4O4S.Co/c1-14(2)15-6-8-17-16(12-15)7-9-18-19(3,13-21)10-5-11-20(17,18)4;2*1-10-16(17(24)22(21-10)12-5-3-4-11(18)8-12)20-19-14-9-13(27(2,25)26)6-7-15(14)23;/h6,8,12,14,18H,5,7,9-11,13,21H2,1-4H3;3-9,23-24H,1-2H3;3-9,21,23H,1-2H3;/q;;;+3/p-3/t18-,19-,20+;;;/m0.../s1. The third kappa shape index (κ3) is 13.0. The molecule has 1 saturated carbocycles. The molecule has 2 heterocycles. The molecule has 0 aliphatic heterocycles. The Morgan fingerprint density at radius 2 is 1.32 bits per heavy atom. The maximum absolute atomic E-state index is 12.6. The van der Waals surface area contributed by atoms with Crippen LogP contribution in [0.4, 0.5) is 22.7 Å². The Kier molecular flexibility index (Phi) is 18.4. The Hall–Kier alpha value is -6.13. The van der Waals surface area contributed by atoms with Gasteiger partial charge in [0.25, 0.3) is 5.56 Å². The van der Waals surface area contributed by atoms with Gasteiger partial charge in [0.1, 0.15) is 5.69 Å². The van der Waals surface area contributed by atoms with Crippen molar-refractivity contribution in [2.45, 2.75) is 94.8 Å². The first-order valence-electron chi connectivity index (χ1n) is 24.0. The van der Waals surface area contributed by atoms with Crippen LogP contribution in [0.2, 0.25) is 10.0 Å².